The molecule has 130 valence electrons. The molecule has 0 saturated heterocycles. The molecule has 1 amide bonds. The van der Waals surface area contributed by atoms with Crippen LogP contribution >= 0.6 is 11.3 Å². The van der Waals surface area contributed by atoms with Gasteiger partial charge in [0.2, 0.25) is 0 Å². The highest BCUT2D eigenvalue weighted by molar-refractivity contribution is 7.12. The van der Waals surface area contributed by atoms with Crippen LogP contribution in [0.15, 0.2) is 28.5 Å². The zero-order valence-corrected chi connectivity index (χ0v) is 14.4. The Hall–Kier alpha value is -2.45. The molecule has 3 heterocycles. The number of primary amides is 1. The Morgan fingerprint density at radius 1 is 1.32 bits per heavy atom. The lowest BCUT2D eigenvalue weighted by molar-refractivity contribution is 0.100. The smallest absolute Gasteiger partial charge is 0.259 e. The van der Waals surface area contributed by atoms with Gasteiger partial charge in [-0.25, -0.2) is 0 Å². The van der Waals surface area contributed by atoms with E-state index in [0.717, 1.165) is 36.8 Å². The van der Waals surface area contributed by atoms with Gasteiger partial charge in [-0.15, -0.1) is 11.3 Å². The highest BCUT2D eigenvalue weighted by atomic mass is 32.1. The van der Waals surface area contributed by atoms with Gasteiger partial charge in [-0.1, -0.05) is 0 Å². The SMILES string of the molecule is NC(=O)c1cc(-c2nn([C@H]3CC[C@H](N)CC3)c3cc[nH]c(=O)c23)cs1. The van der Waals surface area contributed by atoms with Gasteiger partial charge in [0.05, 0.1) is 21.8 Å². The van der Waals surface area contributed by atoms with E-state index in [2.05, 4.69) is 4.98 Å². The van der Waals surface area contributed by atoms with Crippen molar-refractivity contribution < 1.29 is 4.79 Å². The number of fused-ring (bicyclic) bond motifs is 1. The fourth-order valence-electron chi connectivity index (χ4n) is 3.52. The predicted octanol–water partition coefficient (Wildman–Crippen LogP) is 1.99. The molecule has 3 aromatic heterocycles. The van der Waals surface area contributed by atoms with Gasteiger partial charge in [-0.05, 0) is 37.8 Å². The molecule has 1 fully saturated rings. The van der Waals surface area contributed by atoms with Gasteiger partial charge in [0, 0.05) is 23.2 Å². The monoisotopic (exact) mass is 357 g/mol. The van der Waals surface area contributed by atoms with E-state index in [1.54, 1.807) is 12.3 Å². The minimum Gasteiger partial charge on any atom is -0.365 e. The molecule has 0 bridgehead atoms. The van der Waals surface area contributed by atoms with Crippen molar-refractivity contribution in [1.82, 2.24) is 14.8 Å². The van der Waals surface area contributed by atoms with Crippen molar-refractivity contribution in [3.05, 3.63) is 38.9 Å². The Balaban J connectivity index is 1.87. The fraction of sp³-hybridized carbons (Fsp3) is 0.353. The lowest BCUT2D eigenvalue weighted by Crippen LogP contribution is -2.28. The lowest BCUT2D eigenvalue weighted by Gasteiger charge is -2.26. The van der Waals surface area contributed by atoms with Crippen LogP contribution < -0.4 is 17.0 Å². The second-order valence-corrected chi connectivity index (χ2v) is 7.40. The van der Waals surface area contributed by atoms with Crippen LogP contribution in [0.1, 0.15) is 41.4 Å². The molecule has 3 aromatic rings. The number of hydrogen-bond donors (Lipinski definition) is 3. The largest absolute Gasteiger partial charge is 0.365 e. The summed E-state index contributed by atoms with van der Waals surface area (Å²) in [6, 6.07) is 4.05. The second-order valence-electron chi connectivity index (χ2n) is 6.49. The number of amides is 1. The molecule has 7 nitrogen and oxygen atoms in total. The number of aromatic nitrogens is 3. The summed E-state index contributed by atoms with van der Waals surface area (Å²) in [7, 11) is 0. The van der Waals surface area contributed by atoms with E-state index in [0.29, 0.717) is 16.0 Å². The number of nitrogens with zero attached hydrogens (tertiary/aromatic N) is 2. The summed E-state index contributed by atoms with van der Waals surface area (Å²) >= 11 is 1.26. The number of aromatic amines is 1. The molecule has 0 radical (unpaired) electrons. The van der Waals surface area contributed by atoms with Crippen molar-refractivity contribution in [2.75, 3.05) is 0 Å². The Bertz CT molecular complexity index is 994. The lowest BCUT2D eigenvalue weighted by atomic mass is 9.92. The topological polar surface area (TPSA) is 120 Å². The molecule has 0 aliphatic heterocycles. The number of carbonyl (C=O) groups is 1. The van der Waals surface area contributed by atoms with E-state index < -0.39 is 5.91 Å². The van der Waals surface area contributed by atoms with Gasteiger partial charge >= 0.3 is 0 Å². The van der Waals surface area contributed by atoms with Crippen molar-refractivity contribution in [3.63, 3.8) is 0 Å². The molecular weight excluding hydrogens is 338 g/mol. The van der Waals surface area contributed by atoms with Gasteiger partial charge < -0.3 is 16.5 Å². The Labute approximate surface area is 147 Å². The molecule has 0 unspecified atom stereocenters. The predicted molar refractivity (Wildman–Crippen MR) is 97.7 cm³/mol. The summed E-state index contributed by atoms with van der Waals surface area (Å²) in [5.74, 6) is -0.477. The number of rotatable bonds is 3. The second kappa shape index (κ2) is 6.12. The van der Waals surface area contributed by atoms with Crippen LogP contribution in [-0.2, 0) is 0 Å². The van der Waals surface area contributed by atoms with Gasteiger partial charge in [0.25, 0.3) is 11.5 Å². The molecule has 1 aliphatic rings. The van der Waals surface area contributed by atoms with E-state index in [-0.39, 0.29) is 17.6 Å². The Kier molecular flexibility index (Phi) is 3.93. The third-order valence-electron chi connectivity index (χ3n) is 4.83. The molecule has 25 heavy (non-hydrogen) atoms. The number of pyridine rings is 1. The molecule has 8 heteroatoms. The maximum Gasteiger partial charge on any atom is 0.259 e. The van der Waals surface area contributed by atoms with E-state index in [4.69, 9.17) is 16.6 Å². The third kappa shape index (κ3) is 2.77. The van der Waals surface area contributed by atoms with Crippen molar-refractivity contribution in [2.24, 2.45) is 11.5 Å². The summed E-state index contributed by atoms with van der Waals surface area (Å²) in [6.45, 7) is 0. The summed E-state index contributed by atoms with van der Waals surface area (Å²) in [5, 5.41) is 7.11. The van der Waals surface area contributed by atoms with Crippen molar-refractivity contribution in [3.8, 4) is 11.3 Å². The van der Waals surface area contributed by atoms with Crippen LogP contribution in [0.2, 0.25) is 0 Å². The highest BCUT2D eigenvalue weighted by Crippen LogP contribution is 2.34. The minimum atomic E-state index is -0.477. The Morgan fingerprint density at radius 2 is 2.08 bits per heavy atom. The van der Waals surface area contributed by atoms with Crippen LogP contribution in [0.3, 0.4) is 0 Å². The van der Waals surface area contributed by atoms with Crippen LogP contribution in [0.25, 0.3) is 22.2 Å². The number of thiophene rings is 1. The van der Waals surface area contributed by atoms with Gasteiger partial charge in [-0.3, -0.25) is 14.3 Å². The van der Waals surface area contributed by atoms with Gasteiger partial charge in [0.15, 0.2) is 0 Å². The van der Waals surface area contributed by atoms with Crippen molar-refractivity contribution in [2.45, 2.75) is 37.8 Å². The molecule has 1 aliphatic carbocycles. The third-order valence-corrected chi connectivity index (χ3v) is 5.78. The molecular formula is C17H19N5O2S. The summed E-state index contributed by atoms with van der Waals surface area (Å²) in [6.07, 6.45) is 5.44. The average molecular weight is 357 g/mol. The van der Waals surface area contributed by atoms with Gasteiger partial charge in [0.1, 0.15) is 5.69 Å². The average Bonchev–Trinajstić information content (AvgIpc) is 3.21. The fourth-order valence-corrected chi connectivity index (χ4v) is 4.26. The molecule has 0 atom stereocenters. The maximum absolute atomic E-state index is 12.4. The Morgan fingerprint density at radius 3 is 2.76 bits per heavy atom. The first kappa shape index (κ1) is 16.0. The number of carbonyl (C=O) groups excluding carboxylic acids is 1. The van der Waals surface area contributed by atoms with Crippen molar-refractivity contribution >= 4 is 28.1 Å². The summed E-state index contributed by atoms with van der Waals surface area (Å²) < 4.78 is 1.95. The van der Waals surface area contributed by atoms with E-state index >= 15 is 0 Å². The first-order chi connectivity index (χ1) is 12.0. The minimum absolute atomic E-state index is 0.182. The van der Waals surface area contributed by atoms with E-state index in [1.165, 1.54) is 11.3 Å². The number of nitrogens with one attached hydrogen (secondary N) is 1. The van der Waals surface area contributed by atoms with Gasteiger partial charge in [-0.2, -0.15) is 5.10 Å². The van der Waals surface area contributed by atoms with Crippen LogP contribution in [0, 0.1) is 0 Å². The quantitative estimate of drug-likeness (QED) is 0.664. The first-order valence-electron chi connectivity index (χ1n) is 8.29. The zero-order valence-electron chi connectivity index (χ0n) is 13.6. The standard InChI is InChI=1S/C17H19N5O2S/c18-10-1-3-11(4-2-10)22-12-5-6-20-17(24)14(12)15(21-22)9-7-13(16(19)23)25-8-9/h5-8,10-11H,1-4,18H2,(H2,19,23)(H,20,24)/t10-,11-. The number of nitrogens with two attached hydrogens (primary N) is 2. The number of H-pyrrole nitrogens is 1. The van der Waals surface area contributed by atoms with Crippen LogP contribution in [0.5, 0.6) is 0 Å². The number of hydrogen-bond acceptors (Lipinski definition) is 5. The van der Waals surface area contributed by atoms with Crippen LogP contribution in [-0.4, -0.2) is 26.7 Å². The first-order valence-corrected chi connectivity index (χ1v) is 9.16. The van der Waals surface area contributed by atoms with E-state index in [1.807, 2.05) is 16.1 Å². The highest BCUT2D eigenvalue weighted by Gasteiger charge is 2.25. The molecule has 5 N–H and O–H groups in total. The molecule has 0 aromatic carbocycles. The van der Waals surface area contributed by atoms with Crippen LogP contribution in [0.4, 0.5) is 0 Å². The zero-order chi connectivity index (χ0) is 17.6. The maximum atomic E-state index is 12.4. The summed E-state index contributed by atoms with van der Waals surface area (Å²) in [5.41, 5.74) is 13.3. The molecule has 0 spiro atoms. The summed E-state index contributed by atoms with van der Waals surface area (Å²) in [4.78, 5) is 27.0. The normalized spacial score (nSPS) is 20.8. The molecule has 1 saturated carbocycles. The van der Waals surface area contributed by atoms with Crippen molar-refractivity contribution in [1.29, 1.82) is 0 Å². The molecule has 4 rings (SSSR count). The van der Waals surface area contributed by atoms with E-state index in [9.17, 15) is 9.59 Å².